The second-order valence-electron chi connectivity index (χ2n) is 6.00. The Morgan fingerprint density at radius 3 is 2.54 bits per heavy atom. The molecule has 28 heavy (non-hydrogen) atoms. The van der Waals surface area contributed by atoms with Crippen molar-refractivity contribution in [3.8, 4) is 5.95 Å². The van der Waals surface area contributed by atoms with E-state index in [0.29, 0.717) is 17.8 Å². The number of thiophene rings is 1. The molecule has 0 aliphatic carbocycles. The van der Waals surface area contributed by atoms with Gasteiger partial charge in [-0.3, -0.25) is 0 Å². The fraction of sp³-hybridized carbons (Fsp3) is 0.105. The molecule has 0 unspecified atom stereocenters. The number of nitrogens with zero attached hydrogens (tertiary/aromatic N) is 6. The molecule has 4 aromatic rings. The maximum Gasteiger partial charge on any atom is 0.257 e. The molecule has 140 valence electrons. The van der Waals surface area contributed by atoms with Gasteiger partial charge in [-0.2, -0.15) is 25.2 Å². The van der Waals surface area contributed by atoms with Crippen molar-refractivity contribution in [2.75, 3.05) is 10.7 Å². The molecule has 1 aromatic carbocycles. The van der Waals surface area contributed by atoms with Crippen molar-refractivity contribution < 1.29 is 0 Å². The van der Waals surface area contributed by atoms with E-state index < -0.39 is 0 Å². The summed E-state index contributed by atoms with van der Waals surface area (Å²) in [5.74, 6) is 1.13. The Kier molecular flexibility index (Phi) is 5.07. The topological polar surface area (TPSA) is 92.9 Å². The van der Waals surface area contributed by atoms with Crippen LogP contribution in [0.3, 0.4) is 0 Å². The van der Waals surface area contributed by atoms with E-state index >= 15 is 0 Å². The first-order valence-electron chi connectivity index (χ1n) is 8.62. The second kappa shape index (κ2) is 7.97. The van der Waals surface area contributed by atoms with Gasteiger partial charge < -0.3 is 5.32 Å². The van der Waals surface area contributed by atoms with Gasteiger partial charge in [0, 0.05) is 16.3 Å². The molecule has 0 saturated carbocycles. The van der Waals surface area contributed by atoms with Crippen LogP contribution in [-0.2, 0) is 0 Å². The van der Waals surface area contributed by atoms with Gasteiger partial charge in [-0.15, -0.1) is 11.3 Å². The van der Waals surface area contributed by atoms with Gasteiger partial charge in [0.1, 0.15) is 0 Å². The smallest absolute Gasteiger partial charge is 0.257 e. The summed E-state index contributed by atoms with van der Waals surface area (Å²) in [7, 11) is 0. The number of nitrogens with one attached hydrogen (secondary N) is 2. The van der Waals surface area contributed by atoms with Crippen LogP contribution in [0, 0.1) is 13.8 Å². The van der Waals surface area contributed by atoms with Gasteiger partial charge in [-0.05, 0) is 43.5 Å². The van der Waals surface area contributed by atoms with Crippen LogP contribution in [0.4, 0.5) is 17.6 Å². The molecule has 9 heteroatoms. The van der Waals surface area contributed by atoms with E-state index in [1.54, 1.807) is 22.2 Å². The van der Waals surface area contributed by atoms with Gasteiger partial charge in [-0.1, -0.05) is 24.3 Å². The summed E-state index contributed by atoms with van der Waals surface area (Å²) in [6.45, 7) is 3.88. The maximum absolute atomic E-state index is 4.51. The van der Waals surface area contributed by atoms with Crippen LogP contribution in [-0.4, -0.2) is 30.9 Å². The van der Waals surface area contributed by atoms with Crippen LogP contribution in [0.1, 0.15) is 16.3 Å². The SMILES string of the molecule is Cc1cc(C)n(-c2nc(NN=Cc3cccs3)nc(Nc3ccccc3)n2)n1. The Morgan fingerprint density at radius 1 is 1.00 bits per heavy atom. The van der Waals surface area contributed by atoms with Crippen LogP contribution in [0.5, 0.6) is 0 Å². The molecule has 0 aliphatic heterocycles. The van der Waals surface area contributed by atoms with E-state index in [0.717, 1.165) is 22.0 Å². The minimum absolute atomic E-state index is 0.323. The van der Waals surface area contributed by atoms with Crippen LogP contribution in [0.25, 0.3) is 5.95 Å². The van der Waals surface area contributed by atoms with Crippen LogP contribution >= 0.6 is 11.3 Å². The van der Waals surface area contributed by atoms with Gasteiger partial charge in [0.15, 0.2) is 0 Å². The van der Waals surface area contributed by atoms with Crippen LogP contribution in [0.2, 0.25) is 0 Å². The van der Waals surface area contributed by atoms with Gasteiger partial charge in [0.25, 0.3) is 5.95 Å². The highest BCUT2D eigenvalue weighted by Gasteiger charge is 2.12. The Hall–Kier alpha value is -3.59. The normalized spacial score (nSPS) is 11.1. The average Bonchev–Trinajstić information content (AvgIpc) is 3.31. The number of hydrazone groups is 1. The monoisotopic (exact) mass is 390 g/mol. The van der Waals surface area contributed by atoms with Crippen molar-refractivity contribution in [3.05, 3.63) is 70.2 Å². The molecule has 0 aliphatic rings. The highest BCUT2D eigenvalue weighted by Crippen LogP contribution is 2.16. The lowest BCUT2D eigenvalue weighted by molar-refractivity contribution is 0.767. The molecule has 0 atom stereocenters. The molecule has 3 aromatic heterocycles. The maximum atomic E-state index is 4.51. The predicted octanol–water partition coefficient (Wildman–Crippen LogP) is 3.93. The highest BCUT2D eigenvalue weighted by molar-refractivity contribution is 7.11. The first-order valence-corrected chi connectivity index (χ1v) is 9.50. The molecular formula is C19H18N8S. The first kappa shape index (κ1) is 17.8. The number of para-hydroxylation sites is 1. The summed E-state index contributed by atoms with van der Waals surface area (Å²) < 4.78 is 1.68. The van der Waals surface area contributed by atoms with Gasteiger partial charge >= 0.3 is 0 Å². The Balaban J connectivity index is 1.66. The lowest BCUT2D eigenvalue weighted by Crippen LogP contribution is -2.11. The van der Waals surface area contributed by atoms with Crippen molar-refractivity contribution in [2.24, 2.45) is 5.10 Å². The molecule has 2 N–H and O–H groups in total. The van der Waals surface area contributed by atoms with Crippen molar-refractivity contribution in [2.45, 2.75) is 13.8 Å². The number of hydrogen-bond donors (Lipinski definition) is 2. The van der Waals surface area contributed by atoms with Crippen molar-refractivity contribution >= 4 is 35.1 Å². The third kappa shape index (κ3) is 4.21. The fourth-order valence-electron chi connectivity index (χ4n) is 2.57. The summed E-state index contributed by atoms with van der Waals surface area (Å²) >= 11 is 1.60. The quantitative estimate of drug-likeness (QED) is 0.383. The van der Waals surface area contributed by atoms with Gasteiger partial charge in [-0.25, -0.2) is 10.1 Å². The highest BCUT2D eigenvalue weighted by atomic mass is 32.1. The summed E-state index contributed by atoms with van der Waals surface area (Å²) in [6, 6.07) is 15.6. The molecular weight excluding hydrogens is 372 g/mol. The molecule has 0 spiro atoms. The summed E-state index contributed by atoms with van der Waals surface area (Å²) in [5, 5.41) is 13.9. The number of aromatic nitrogens is 5. The van der Waals surface area contributed by atoms with E-state index in [1.807, 2.05) is 67.8 Å². The Bertz CT molecular complexity index is 1090. The second-order valence-corrected chi connectivity index (χ2v) is 6.98. The average molecular weight is 390 g/mol. The van der Waals surface area contributed by atoms with E-state index in [4.69, 9.17) is 0 Å². The van der Waals surface area contributed by atoms with Crippen molar-refractivity contribution in [1.29, 1.82) is 0 Å². The molecule has 0 saturated heterocycles. The van der Waals surface area contributed by atoms with E-state index in [9.17, 15) is 0 Å². The van der Waals surface area contributed by atoms with E-state index in [2.05, 4.69) is 35.9 Å². The van der Waals surface area contributed by atoms with E-state index in [-0.39, 0.29) is 0 Å². The zero-order chi connectivity index (χ0) is 19.3. The lowest BCUT2D eigenvalue weighted by atomic mass is 10.3. The number of hydrogen-bond acceptors (Lipinski definition) is 8. The van der Waals surface area contributed by atoms with Crippen LogP contribution < -0.4 is 10.7 Å². The standard InChI is InChI=1S/C19H18N8S/c1-13-11-14(2)27(26-13)19-23-17(21-15-7-4-3-5-8-15)22-18(24-19)25-20-12-16-9-6-10-28-16/h3-12H,1-2H3,(H2,21,22,23,24,25). The summed E-state index contributed by atoms with van der Waals surface area (Å²) in [4.78, 5) is 14.4. The minimum atomic E-state index is 0.323. The zero-order valence-electron chi connectivity index (χ0n) is 15.4. The number of aryl methyl sites for hydroxylation is 2. The minimum Gasteiger partial charge on any atom is -0.324 e. The predicted molar refractivity (Wildman–Crippen MR) is 112 cm³/mol. The van der Waals surface area contributed by atoms with Gasteiger partial charge in [0.05, 0.1) is 11.9 Å². The third-order valence-corrected chi connectivity index (χ3v) is 4.56. The van der Waals surface area contributed by atoms with Crippen molar-refractivity contribution in [1.82, 2.24) is 24.7 Å². The number of rotatable bonds is 6. The molecule has 8 nitrogen and oxygen atoms in total. The van der Waals surface area contributed by atoms with Gasteiger partial charge in [0.2, 0.25) is 11.9 Å². The van der Waals surface area contributed by atoms with E-state index in [1.165, 1.54) is 0 Å². The number of benzene rings is 1. The largest absolute Gasteiger partial charge is 0.324 e. The Labute approximate surface area is 166 Å². The molecule has 0 amide bonds. The lowest BCUT2D eigenvalue weighted by Gasteiger charge is -2.09. The van der Waals surface area contributed by atoms with Crippen molar-refractivity contribution in [3.63, 3.8) is 0 Å². The number of anilines is 3. The first-order chi connectivity index (χ1) is 13.7. The Morgan fingerprint density at radius 2 is 1.82 bits per heavy atom. The molecule has 4 rings (SSSR count). The summed E-state index contributed by atoms with van der Waals surface area (Å²) in [5.41, 5.74) is 5.58. The molecule has 0 fully saturated rings. The zero-order valence-corrected chi connectivity index (χ0v) is 16.2. The van der Waals surface area contributed by atoms with Crippen LogP contribution in [0.15, 0.2) is 59.0 Å². The third-order valence-electron chi connectivity index (χ3n) is 3.75. The molecule has 0 bridgehead atoms. The fourth-order valence-corrected chi connectivity index (χ4v) is 3.15. The molecule has 0 radical (unpaired) electrons. The summed E-state index contributed by atoms with van der Waals surface area (Å²) in [6.07, 6.45) is 1.72. The molecule has 3 heterocycles.